The van der Waals surface area contributed by atoms with Crippen LogP contribution in [0.1, 0.15) is 39.9 Å². The minimum atomic E-state index is -1.05. The minimum absolute atomic E-state index is 0.000854. The quantitative estimate of drug-likeness (QED) is 0.518. The van der Waals surface area contributed by atoms with Gasteiger partial charge >= 0.3 is 5.97 Å². The molecule has 25 heavy (non-hydrogen) atoms. The van der Waals surface area contributed by atoms with Crippen LogP contribution in [0.4, 0.5) is 5.69 Å². The maximum atomic E-state index is 11.6. The number of benzene rings is 2. The number of nitro benzene ring substituents is 1. The Balaban J connectivity index is 1.83. The number of aromatic carboxylic acids is 1. The Hall–Kier alpha value is -3.15. The summed E-state index contributed by atoms with van der Waals surface area (Å²) in [5.74, 6) is -0.541. The molecule has 0 bridgehead atoms. The fraction of sp³-hybridized carbons (Fsp3) is 0.211. The van der Waals surface area contributed by atoms with Gasteiger partial charge < -0.3 is 9.84 Å². The summed E-state index contributed by atoms with van der Waals surface area (Å²) in [5.41, 5.74) is 1.67. The molecule has 0 saturated carbocycles. The van der Waals surface area contributed by atoms with Crippen LogP contribution >= 0.6 is 0 Å². The van der Waals surface area contributed by atoms with Gasteiger partial charge in [0.2, 0.25) is 0 Å². The number of para-hydroxylation sites is 1. The second-order valence-electron chi connectivity index (χ2n) is 6.27. The molecule has 4 rings (SSSR count). The lowest BCUT2D eigenvalue weighted by molar-refractivity contribution is -0.385. The second-order valence-corrected chi connectivity index (χ2v) is 6.27. The van der Waals surface area contributed by atoms with Gasteiger partial charge in [0, 0.05) is 29.5 Å². The fourth-order valence-corrected chi connectivity index (χ4v) is 3.78. The van der Waals surface area contributed by atoms with Crippen LogP contribution in [0.2, 0.25) is 0 Å². The molecule has 2 aliphatic rings. The molecular formula is C19H15NO5. The van der Waals surface area contributed by atoms with Gasteiger partial charge in [-0.3, -0.25) is 10.1 Å². The standard InChI is InChI=1S/C19H15NO5/c21-19(22)16-9-3-8-15-13-6-2-7-14(13)17(25-18(15)16)11-4-1-5-12(10-11)20(23)24/h1-6,8-10,13-14,17H,7H2,(H,21,22). The van der Waals surface area contributed by atoms with E-state index in [1.54, 1.807) is 18.2 Å². The highest BCUT2D eigenvalue weighted by Gasteiger charge is 2.41. The van der Waals surface area contributed by atoms with E-state index in [0.717, 1.165) is 12.0 Å². The Morgan fingerprint density at radius 3 is 2.80 bits per heavy atom. The fourth-order valence-electron chi connectivity index (χ4n) is 3.78. The average molecular weight is 337 g/mol. The van der Waals surface area contributed by atoms with E-state index < -0.39 is 17.0 Å². The first kappa shape index (κ1) is 15.4. The van der Waals surface area contributed by atoms with E-state index in [1.807, 2.05) is 6.07 Å². The molecule has 0 saturated heterocycles. The number of nitro groups is 1. The Kier molecular flexibility index (Phi) is 3.53. The number of nitrogens with zero attached hydrogens (tertiary/aromatic N) is 1. The molecule has 1 aliphatic heterocycles. The van der Waals surface area contributed by atoms with Crippen LogP contribution < -0.4 is 4.74 Å². The first-order valence-electron chi connectivity index (χ1n) is 8.00. The SMILES string of the molecule is O=C(O)c1cccc2c1OC(c1cccc([N+](=O)[O-])c1)C1CC=CC21. The lowest BCUT2D eigenvalue weighted by atomic mass is 9.79. The molecule has 2 aromatic rings. The van der Waals surface area contributed by atoms with Crippen molar-refractivity contribution in [2.75, 3.05) is 0 Å². The number of non-ortho nitro benzene ring substituents is 1. The Morgan fingerprint density at radius 1 is 1.24 bits per heavy atom. The van der Waals surface area contributed by atoms with E-state index in [4.69, 9.17) is 4.74 Å². The summed E-state index contributed by atoms with van der Waals surface area (Å²) in [5, 5.41) is 20.5. The topological polar surface area (TPSA) is 89.7 Å². The predicted octanol–water partition coefficient (Wildman–Crippen LogP) is 4.09. The van der Waals surface area contributed by atoms with Gasteiger partial charge in [-0.2, -0.15) is 0 Å². The van der Waals surface area contributed by atoms with Crippen molar-refractivity contribution in [2.24, 2.45) is 5.92 Å². The Bertz CT molecular complexity index is 904. The summed E-state index contributed by atoms with van der Waals surface area (Å²) >= 11 is 0. The molecule has 1 heterocycles. The number of allylic oxidation sites excluding steroid dienone is 2. The molecular weight excluding hydrogens is 322 g/mol. The van der Waals surface area contributed by atoms with Crippen molar-refractivity contribution in [3.8, 4) is 5.75 Å². The third-order valence-corrected chi connectivity index (χ3v) is 4.89. The molecule has 1 aliphatic carbocycles. The van der Waals surface area contributed by atoms with Gasteiger partial charge in [-0.25, -0.2) is 4.79 Å². The van der Waals surface area contributed by atoms with Crippen LogP contribution in [-0.4, -0.2) is 16.0 Å². The van der Waals surface area contributed by atoms with Crippen molar-refractivity contribution in [1.29, 1.82) is 0 Å². The van der Waals surface area contributed by atoms with Crippen molar-refractivity contribution < 1.29 is 19.6 Å². The molecule has 2 aromatic carbocycles. The molecule has 0 spiro atoms. The highest BCUT2D eigenvalue weighted by atomic mass is 16.6. The third-order valence-electron chi connectivity index (χ3n) is 4.89. The number of fused-ring (bicyclic) bond motifs is 3. The maximum Gasteiger partial charge on any atom is 0.339 e. The van der Waals surface area contributed by atoms with Gasteiger partial charge in [-0.05, 0) is 18.1 Å². The van der Waals surface area contributed by atoms with Crippen molar-refractivity contribution in [3.05, 3.63) is 81.4 Å². The number of hydrogen-bond acceptors (Lipinski definition) is 4. The molecule has 1 N–H and O–H groups in total. The van der Waals surface area contributed by atoms with Crippen LogP contribution in [0.5, 0.6) is 5.75 Å². The number of carboxylic acid groups (broad SMARTS) is 1. The highest BCUT2D eigenvalue weighted by molar-refractivity contribution is 5.91. The number of hydrogen-bond donors (Lipinski definition) is 1. The molecule has 6 heteroatoms. The van der Waals surface area contributed by atoms with Crippen LogP contribution in [-0.2, 0) is 0 Å². The summed E-state index contributed by atoms with van der Waals surface area (Å²) in [6.45, 7) is 0. The number of ether oxygens (including phenoxy) is 1. The zero-order valence-electron chi connectivity index (χ0n) is 13.2. The van der Waals surface area contributed by atoms with Crippen LogP contribution in [0.15, 0.2) is 54.6 Å². The third kappa shape index (κ3) is 2.46. The first-order chi connectivity index (χ1) is 12.1. The van der Waals surface area contributed by atoms with Crippen molar-refractivity contribution >= 4 is 11.7 Å². The van der Waals surface area contributed by atoms with Gasteiger partial charge in [0.05, 0.1) is 4.92 Å². The van der Waals surface area contributed by atoms with Crippen molar-refractivity contribution in [3.63, 3.8) is 0 Å². The molecule has 3 atom stereocenters. The number of rotatable bonds is 3. The number of carboxylic acids is 1. The van der Waals surface area contributed by atoms with E-state index >= 15 is 0 Å². The molecule has 0 fully saturated rings. The van der Waals surface area contributed by atoms with E-state index in [1.165, 1.54) is 18.2 Å². The van der Waals surface area contributed by atoms with Crippen molar-refractivity contribution in [2.45, 2.75) is 18.4 Å². The zero-order valence-corrected chi connectivity index (χ0v) is 13.2. The lowest BCUT2D eigenvalue weighted by Crippen LogP contribution is -2.28. The summed E-state index contributed by atoms with van der Waals surface area (Å²) in [4.78, 5) is 22.2. The monoisotopic (exact) mass is 337 g/mol. The first-order valence-corrected chi connectivity index (χ1v) is 8.00. The smallest absolute Gasteiger partial charge is 0.339 e. The van der Waals surface area contributed by atoms with Gasteiger partial charge in [-0.15, -0.1) is 0 Å². The molecule has 126 valence electrons. The van der Waals surface area contributed by atoms with E-state index in [9.17, 15) is 20.0 Å². The second kappa shape index (κ2) is 5.73. The number of carbonyl (C=O) groups is 1. The minimum Gasteiger partial charge on any atom is -0.484 e. The predicted molar refractivity (Wildman–Crippen MR) is 89.9 cm³/mol. The highest BCUT2D eigenvalue weighted by Crippen LogP contribution is 2.52. The zero-order chi connectivity index (χ0) is 17.6. The average Bonchev–Trinajstić information content (AvgIpc) is 3.10. The van der Waals surface area contributed by atoms with Gasteiger partial charge in [0.25, 0.3) is 5.69 Å². The van der Waals surface area contributed by atoms with E-state index in [-0.39, 0.29) is 23.1 Å². The Labute approximate surface area is 143 Å². The van der Waals surface area contributed by atoms with Crippen LogP contribution in [0, 0.1) is 16.0 Å². The molecule has 0 aromatic heterocycles. The molecule has 6 nitrogen and oxygen atoms in total. The summed E-state index contributed by atoms with van der Waals surface area (Å²) in [7, 11) is 0. The Morgan fingerprint density at radius 2 is 2.04 bits per heavy atom. The summed E-state index contributed by atoms with van der Waals surface area (Å²) in [6, 6.07) is 11.5. The van der Waals surface area contributed by atoms with Crippen LogP contribution in [0.25, 0.3) is 0 Å². The van der Waals surface area contributed by atoms with E-state index in [0.29, 0.717) is 11.3 Å². The van der Waals surface area contributed by atoms with E-state index in [2.05, 4.69) is 12.2 Å². The lowest BCUT2D eigenvalue weighted by Gasteiger charge is -2.36. The van der Waals surface area contributed by atoms with Gasteiger partial charge in [-0.1, -0.05) is 36.4 Å². The van der Waals surface area contributed by atoms with Crippen molar-refractivity contribution in [1.82, 2.24) is 0 Å². The van der Waals surface area contributed by atoms with Gasteiger partial charge in [0.15, 0.2) is 0 Å². The molecule has 3 unspecified atom stereocenters. The van der Waals surface area contributed by atoms with Gasteiger partial charge in [0.1, 0.15) is 17.4 Å². The summed E-state index contributed by atoms with van der Waals surface area (Å²) < 4.78 is 6.12. The maximum absolute atomic E-state index is 11.6. The molecule has 0 amide bonds. The summed E-state index contributed by atoms with van der Waals surface area (Å²) in [6.07, 6.45) is 4.50. The normalized spacial score (nSPS) is 23.4. The molecule has 0 radical (unpaired) electrons. The largest absolute Gasteiger partial charge is 0.484 e. The van der Waals surface area contributed by atoms with Crippen LogP contribution in [0.3, 0.4) is 0 Å².